The molecule has 6 nitrogen and oxygen atoms in total. The van der Waals surface area contributed by atoms with E-state index in [1.807, 2.05) is 0 Å². The minimum atomic E-state index is -1.10. The normalized spacial score (nSPS) is 9.67. The zero-order valence-electron chi connectivity index (χ0n) is 10.1. The van der Waals surface area contributed by atoms with E-state index in [9.17, 15) is 14.4 Å². The number of carbonyl (C=O) groups is 3. The van der Waals surface area contributed by atoms with Crippen LogP contribution in [0.25, 0.3) is 0 Å². The van der Waals surface area contributed by atoms with E-state index in [4.69, 9.17) is 5.11 Å². The number of nitrogens with one attached hydrogen (secondary N) is 1. The maximum Gasteiger partial charge on any atom is 0.335 e. The lowest BCUT2D eigenvalue weighted by molar-refractivity contribution is -0.127. The van der Waals surface area contributed by atoms with E-state index in [0.717, 1.165) is 0 Å². The predicted molar refractivity (Wildman–Crippen MR) is 64.4 cm³/mol. The van der Waals surface area contributed by atoms with E-state index in [-0.39, 0.29) is 23.6 Å². The molecule has 18 heavy (non-hydrogen) atoms. The molecule has 0 radical (unpaired) electrons. The van der Waals surface area contributed by atoms with Crippen LogP contribution in [0.4, 0.5) is 0 Å². The van der Waals surface area contributed by atoms with Gasteiger partial charge in [0.15, 0.2) is 0 Å². The topological polar surface area (TPSA) is 86.7 Å². The Balaban J connectivity index is 2.70. The summed E-state index contributed by atoms with van der Waals surface area (Å²) in [6.07, 6.45) is 0. The van der Waals surface area contributed by atoms with Gasteiger partial charge in [0, 0.05) is 19.7 Å². The third-order valence-corrected chi connectivity index (χ3v) is 2.27. The van der Waals surface area contributed by atoms with E-state index in [1.165, 1.54) is 29.2 Å². The van der Waals surface area contributed by atoms with Crippen LogP contribution in [0.1, 0.15) is 20.7 Å². The Hall–Kier alpha value is -2.37. The summed E-state index contributed by atoms with van der Waals surface area (Å²) in [6, 6.07) is 5.62. The van der Waals surface area contributed by atoms with E-state index >= 15 is 0 Å². The summed E-state index contributed by atoms with van der Waals surface area (Å²) >= 11 is 0. The van der Waals surface area contributed by atoms with Crippen molar-refractivity contribution in [1.29, 1.82) is 0 Å². The fourth-order valence-electron chi connectivity index (χ4n) is 1.21. The fourth-order valence-corrected chi connectivity index (χ4v) is 1.21. The molecule has 0 fully saturated rings. The molecule has 0 aliphatic rings. The van der Waals surface area contributed by atoms with Crippen LogP contribution in [0.5, 0.6) is 0 Å². The van der Waals surface area contributed by atoms with Crippen molar-refractivity contribution in [1.82, 2.24) is 10.2 Å². The molecule has 2 amide bonds. The van der Waals surface area contributed by atoms with Crippen LogP contribution in [-0.2, 0) is 4.79 Å². The van der Waals surface area contributed by atoms with E-state index in [2.05, 4.69) is 5.32 Å². The van der Waals surface area contributed by atoms with Gasteiger partial charge in [0.1, 0.15) is 0 Å². The molecule has 1 aromatic rings. The molecule has 0 atom stereocenters. The second-order valence-electron chi connectivity index (χ2n) is 3.86. The number of aromatic carboxylic acids is 1. The maximum atomic E-state index is 11.7. The standard InChI is InChI=1S/C12H14N2O4/c1-14(2)10(15)7-13-11(16)8-4-3-5-9(6-8)12(17)18/h3-6H,7H2,1-2H3,(H,13,16)(H,17,18). The summed E-state index contributed by atoms with van der Waals surface area (Å²) in [5, 5.41) is 11.2. The lowest BCUT2D eigenvalue weighted by atomic mass is 10.1. The molecule has 0 aliphatic heterocycles. The third-order valence-electron chi connectivity index (χ3n) is 2.27. The molecule has 1 rings (SSSR count). The predicted octanol–water partition coefficient (Wildman–Crippen LogP) is 0.203. The number of rotatable bonds is 4. The molecule has 0 bridgehead atoms. The number of likely N-dealkylation sites (N-methyl/N-ethyl adjacent to an activating group) is 1. The van der Waals surface area contributed by atoms with Gasteiger partial charge in [-0.15, -0.1) is 0 Å². The summed E-state index contributed by atoms with van der Waals surface area (Å²) < 4.78 is 0. The minimum Gasteiger partial charge on any atom is -0.478 e. The quantitative estimate of drug-likeness (QED) is 0.799. The van der Waals surface area contributed by atoms with Gasteiger partial charge in [0.25, 0.3) is 5.91 Å². The average molecular weight is 250 g/mol. The zero-order valence-corrected chi connectivity index (χ0v) is 10.1. The monoisotopic (exact) mass is 250 g/mol. The number of carboxylic acids is 1. The van der Waals surface area contributed by atoms with Crippen molar-refractivity contribution in [3.05, 3.63) is 35.4 Å². The molecule has 2 N–H and O–H groups in total. The Morgan fingerprint density at radius 2 is 1.83 bits per heavy atom. The van der Waals surface area contributed by atoms with Gasteiger partial charge in [-0.3, -0.25) is 9.59 Å². The number of benzene rings is 1. The second kappa shape index (κ2) is 5.81. The first-order chi connectivity index (χ1) is 8.41. The van der Waals surface area contributed by atoms with Crippen LogP contribution >= 0.6 is 0 Å². The number of hydrogen-bond acceptors (Lipinski definition) is 3. The van der Waals surface area contributed by atoms with Crippen LogP contribution in [0.3, 0.4) is 0 Å². The van der Waals surface area contributed by atoms with Crippen LogP contribution < -0.4 is 5.32 Å². The van der Waals surface area contributed by atoms with Gasteiger partial charge in [-0.2, -0.15) is 0 Å². The number of carbonyl (C=O) groups excluding carboxylic acids is 2. The van der Waals surface area contributed by atoms with Crippen LogP contribution in [0.15, 0.2) is 24.3 Å². The summed E-state index contributed by atoms with van der Waals surface area (Å²) in [4.78, 5) is 35.0. The third kappa shape index (κ3) is 3.58. The van der Waals surface area contributed by atoms with Gasteiger partial charge in [-0.05, 0) is 18.2 Å². The van der Waals surface area contributed by atoms with Crippen molar-refractivity contribution in [2.75, 3.05) is 20.6 Å². The Morgan fingerprint density at radius 3 is 2.39 bits per heavy atom. The van der Waals surface area contributed by atoms with Gasteiger partial charge in [-0.25, -0.2) is 4.79 Å². The van der Waals surface area contributed by atoms with Crippen molar-refractivity contribution in [2.45, 2.75) is 0 Å². The molecule has 0 spiro atoms. The number of hydrogen-bond donors (Lipinski definition) is 2. The minimum absolute atomic E-state index is 0.0292. The highest BCUT2D eigenvalue weighted by Crippen LogP contribution is 2.05. The smallest absolute Gasteiger partial charge is 0.335 e. The SMILES string of the molecule is CN(C)C(=O)CNC(=O)c1cccc(C(=O)O)c1. The van der Waals surface area contributed by atoms with E-state index in [0.29, 0.717) is 0 Å². The van der Waals surface area contributed by atoms with Crippen LogP contribution in [0.2, 0.25) is 0 Å². The molecule has 0 saturated heterocycles. The zero-order chi connectivity index (χ0) is 13.7. The first-order valence-corrected chi connectivity index (χ1v) is 5.23. The van der Waals surface area contributed by atoms with Gasteiger partial charge >= 0.3 is 5.97 Å². The molecule has 0 aromatic heterocycles. The number of amides is 2. The summed E-state index contributed by atoms with van der Waals surface area (Å²) in [5.74, 6) is -1.82. The summed E-state index contributed by atoms with van der Waals surface area (Å²) in [7, 11) is 3.17. The van der Waals surface area contributed by atoms with E-state index in [1.54, 1.807) is 14.1 Å². The molecular formula is C12H14N2O4. The number of nitrogens with zero attached hydrogens (tertiary/aromatic N) is 1. The second-order valence-corrected chi connectivity index (χ2v) is 3.86. The van der Waals surface area contributed by atoms with Gasteiger partial charge in [0.2, 0.25) is 5.91 Å². The van der Waals surface area contributed by atoms with Gasteiger partial charge in [0.05, 0.1) is 12.1 Å². The Kier molecular flexibility index (Phi) is 4.42. The largest absolute Gasteiger partial charge is 0.478 e. The van der Waals surface area contributed by atoms with Crippen molar-refractivity contribution in [3.8, 4) is 0 Å². The Labute approximate surface area is 104 Å². The summed E-state index contributed by atoms with van der Waals surface area (Å²) in [6.45, 7) is -0.122. The number of carboxylic acid groups (broad SMARTS) is 1. The summed E-state index contributed by atoms with van der Waals surface area (Å²) in [5.41, 5.74) is 0.239. The van der Waals surface area contributed by atoms with E-state index < -0.39 is 11.9 Å². The van der Waals surface area contributed by atoms with Crippen molar-refractivity contribution >= 4 is 17.8 Å². The van der Waals surface area contributed by atoms with Crippen molar-refractivity contribution < 1.29 is 19.5 Å². The lowest BCUT2D eigenvalue weighted by Gasteiger charge is -2.11. The molecule has 1 aromatic carbocycles. The first-order valence-electron chi connectivity index (χ1n) is 5.23. The highest BCUT2D eigenvalue weighted by molar-refractivity contribution is 5.98. The highest BCUT2D eigenvalue weighted by Gasteiger charge is 2.11. The Morgan fingerprint density at radius 1 is 1.22 bits per heavy atom. The maximum absolute atomic E-state index is 11.7. The molecule has 6 heteroatoms. The first kappa shape index (κ1) is 13.7. The van der Waals surface area contributed by atoms with Gasteiger partial charge < -0.3 is 15.3 Å². The van der Waals surface area contributed by atoms with Crippen LogP contribution in [-0.4, -0.2) is 48.4 Å². The molecule has 0 heterocycles. The van der Waals surface area contributed by atoms with Crippen molar-refractivity contribution in [3.63, 3.8) is 0 Å². The molecule has 0 aliphatic carbocycles. The van der Waals surface area contributed by atoms with Crippen molar-refractivity contribution in [2.24, 2.45) is 0 Å². The van der Waals surface area contributed by atoms with Crippen LogP contribution in [0, 0.1) is 0 Å². The lowest BCUT2D eigenvalue weighted by Crippen LogP contribution is -2.36. The van der Waals surface area contributed by atoms with Gasteiger partial charge in [-0.1, -0.05) is 6.07 Å². The Bertz CT molecular complexity index is 483. The molecule has 0 unspecified atom stereocenters. The molecule has 0 saturated carbocycles. The molecule has 96 valence electrons. The average Bonchev–Trinajstić information content (AvgIpc) is 2.35. The fraction of sp³-hybridized carbons (Fsp3) is 0.250. The molecular weight excluding hydrogens is 236 g/mol. The highest BCUT2D eigenvalue weighted by atomic mass is 16.4.